The average Bonchev–Trinajstić information content (AvgIpc) is 2.94. The van der Waals surface area contributed by atoms with Crippen LogP contribution in [0.15, 0.2) is 24.3 Å². The normalized spacial score (nSPS) is 29.7. The monoisotopic (exact) mass is 365 g/mol. The molecule has 2 fully saturated rings. The molecule has 1 amide bonds. The zero-order valence-corrected chi connectivity index (χ0v) is 16.0. The number of rotatable bonds is 6. The van der Waals surface area contributed by atoms with Crippen LogP contribution in [-0.2, 0) is 14.2 Å². The van der Waals surface area contributed by atoms with E-state index in [0.29, 0.717) is 12.0 Å². The van der Waals surface area contributed by atoms with Gasteiger partial charge >= 0.3 is 6.09 Å². The zero-order valence-electron chi connectivity index (χ0n) is 15.1. The second-order valence-electron chi connectivity index (χ2n) is 6.74. The third-order valence-electron chi connectivity index (χ3n) is 5.19. The molecular weight excluding hydrogens is 338 g/mol. The number of thioether (sulfide) groups is 1. The fourth-order valence-electron chi connectivity index (χ4n) is 3.76. The molecule has 138 valence electrons. The van der Waals surface area contributed by atoms with Gasteiger partial charge in [0.05, 0.1) is 12.0 Å². The molecule has 1 saturated carbocycles. The van der Waals surface area contributed by atoms with Gasteiger partial charge in [0.25, 0.3) is 0 Å². The van der Waals surface area contributed by atoms with Crippen molar-refractivity contribution in [3.05, 3.63) is 29.8 Å². The Balaban J connectivity index is 1.61. The second-order valence-corrected chi connectivity index (χ2v) is 7.55. The fraction of sp³-hybridized carbons (Fsp3) is 0.632. The van der Waals surface area contributed by atoms with E-state index >= 15 is 0 Å². The number of hydrogen-bond donors (Lipinski definition) is 0. The number of amides is 1. The standard InChI is InChI=1S/C19H27NO4S/c1-13-18(22-2)24-19(21)20(13)16-8-4-14(5-9-16)15-6-10-17(11-7-15)23-12-25-3/h4-5,8-9,13,15,17-18H,6-7,10-12H2,1-3H3. The van der Waals surface area contributed by atoms with Crippen LogP contribution < -0.4 is 4.90 Å². The predicted molar refractivity (Wildman–Crippen MR) is 100 cm³/mol. The van der Waals surface area contributed by atoms with Gasteiger partial charge in [-0.05, 0) is 62.5 Å². The minimum absolute atomic E-state index is 0.132. The summed E-state index contributed by atoms with van der Waals surface area (Å²) in [5.41, 5.74) is 2.20. The van der Waals surface area contributed by atoms with Crippen LogP contribution in [0.25, 0.3) is 0 Å². The minimum atomic E-state index is -0.510. The Morgan fingerprint density at radius 1 is 1.20 bits per heavy atom. The van der Waals surface area contributed by atoms with E-state index in [0.717, 1.165) is 37.3 Å². The Morgan fingerprint density at radius 2 is 1.88 bits per heavy atom. The van der Waals surface area contributed by atoms with Crippen molar-refractivity contribution < 1.29 is 19.0 Å². The lowest BCUT2D eigenvalue weighted by Gasteiger charge is -2.29. The van der Waals surface area contributed by atoms with E-state index in [9.17, 15) is 4.79 Å². The Bertz CT molecular complexity index is 571. The van der Waals surface area contributed by atoms with E-state index in [1.165, 1.54) is 5.56 Å². The summed E-state index contributed by atoms with van der Waals surface area (Å²) in [6, 6.07) is 8.18. The van der Waals surface area contributed by atoms with Crippen LogP contribution in [-0.4, -0.2) is 43.8 Å². The van der Waals surface area contributed by atoms with Crippen LogP contribution in [0.2, 0.25) is 0 Å². The van der Waals surface area contributed by atoms with Crippen molar-refractivity contribution in [2.75, 3.05) is 24.2 Å². The summed E-state index contributed by atoms with van der Waals surface area (Å²) < 4.78 is 16.3. The molecular formula is C19H27NO4S. The minimum Gasteiger partial charge on any atom is -0.417 e. The molecule has 2 aliphatic rings. The second kappa shape index (κ2) is 8.43. The number of carbonyl (C=O) groups excluding carboxylic acids is 1. The summed E-state index contributed by atoms with van der Waals surface area (Å²) in [4.78, 5) is 13.7. The first-order valence-corrected chi connectivity index (χ1v) is 10.3. The molecule has 2 atom stereocenters. The van der Waals surface area contributed by atoms with Crippen molar-refractivity contribution in [2.24, 2.45) is 0 Å². The molecule has 25 heavy (non-hydrogen) atoms. The Kier molecular flexibility index (Phi) is 6.25. The van der Waals surface area contributed by atoms with E-state index in [1.807, 2.05) is 19.1 Å². The lowest BCUT2D eigenvalue weighted by atomic mass is 9.82. The van der Waals surface area contributed by atoms with Gasteiger partial charge in [-0.15, -0.1) is 11.8 Å². The molecule has 1 aliphatic heterocycles. The topological polar surface area (TPSA) is 48.0 Å². The van der Waals surface area contributed by atoms with Gasteiger partial charge in [0.15, 0.2) is 0 Å². The van der Waals surface area contributed by atoms with Crippen molar-refractivity contribution in [1.82, 2.24) is 0 Å². The molecule has 1 saturated heterocycles. The molecule has 0 N–H and O–H groups in total. The van der Waals surface area contributed by atoms with E-state index in [4.69, 9.17) is 14.2 Å². The van der Waals surface area contributed by atoms with Crippen molar-refractivity contribution in [1.29, 1.82) is 0 Å². The average molecular weight is 365 g/mol. The van der Waals surface area contributed by atoms with Crippen molar-refractivity contribution in [2.45, 2.75) is 57.0 Å². The number of ether oxygens (including phenoxy) is 3. The van der Waals surface area contributed by atoms with E-state index in [2.05, 4.69) is 18.4 Å². The first-order valence-electron chi connectivity index (χ1n) is 8.87. The fourth-order valence-corrected chi connectivity index (χ4v) is 4.09. The Morgan fingerprint density at radius 3 is 2.44 bits per heavy atom. The van der Waals surface area contributed by atoms with Crippen molar-refractivity contribution in [3.8, 4) is 0 Å². The van der Waals surface area contributed by atoms with Gasteiger partial charge in [0, 0.05) is 12.8 Å². The summed E-state index contributed by atoms with van der Waals surface area (Å²) >= 11 is 1.73. The SMILES string of the molecule is COC1OC(=O)N(c2ccc(C3CCC(OCSC)CC3)cc2)C1C. The van der Waals surface area contributed by atoms with Gasteiger partial charge in [-0.2, -0.15) is 0 Å². The third kappa shape index (κ3) is 4.13. The van der Waals surface area contributed by atoms with Crippen LogP contribution in [0.4, 0.5) is 10.5 Å². The molecule has 6 heteroatoms. The van der Waals surface area contributed by atoms with Crippen LogP contribution in [0.3, 0.4) is 0 Å². The van der Waals surface area contributed by atoms with Gasteiger partial charge in [0.1, 0.15) is 6.04 Å². The molecule has 5 nitrogen and oxygen atoms in total. The van der Waals surface area contributed by atoms with Gasteiger partial charge in [-0.1, -0.05) is 12.1 Å². The van der Waals surface area contributed by atoms with E-state index in [1.54, 1.807) is 23.8 Å². The summed E-state index contributed by atoms with van der Waals surface area (Å²) in [5, 5.41) is 0. The van der Waals surface area contributed by atoms with Gasteiger partial charge in [-0.3, -0.25) is 4.90 Å². The third-order valence-corrected chi connectivity index (χ3v) is 5.56. The number of carbonyl (C=O) groups is 1. The molecule has 0 spiro atoms. The maximum Gasteiger partial charge on any atom is 0.417 e. The highest BCUT2D eigenvalue weighted by Gasteiger charge is 2.40. The maximum absolute atomic E-state index is 12.1. The van der Waals surface area contributed by atoms with Crippen LogP contribution in [0, 0.1) is 0 Å². The molecule has 3 rings (SSSR count). The number of nitrogens with zero attached hydrogens (tertiary/aromatic N) is 1. The van der Waals surface area contributed by atoms with Crippen LogP contribution >= 0.6 is 11.8 Å². The van der Waals surface area contributed by atoms with E-state index in [-0.39, 0.29) is 12.1 Å². The number of hydrogen-bond acceptors (Lipinski definition) is 5. The zero-order chi connectivity index (χ0) is 17.8. The maximum atomic E-state index is 12.1. The first-order chi connectivity index (χ1) is 12.1. The lowest BCUT2D eigenvalue weighted by molar-refractivity contribution is -0.0640. The van der Waals surface area contributed by atoms with Crippen molar-refractivity contribution >= 4 is 23.5 Å². The van der Waals surface area contributed by atoms with E-state index < -0.39 is 6.29 Å². The molecule has 0 bridgehead atoms. The summed E-state index contributed by atoms with van der Waals surface area (Å²) in [6.07, 6.45) is 6.18. The Hall–Kier alpha value is -1.24. The number of cyclic esters (lactones) is 1. The highest BCUT2D eigenvalue weighted by molar-refractivity contribution is 7.98. The summed E-state index contributed by atoms with van der Waals surface area (Å²) in [5.74, 6) is 1.37. The van der Waals surface area contributed by atoms with Crippen molar-refractivity contribution in [3.63, 3.8) is 0 Å². The molecule has 1 aliphatic carbocycles. The summed E-state index contributed by atoms with van der Waals surface area (Å²) in [7, 11) is 1.56. The Labute approximate surface area is 154 Å². The molecule has 1 heterocycles. The molecule has 0 aromatic heterocycles. The number of anilines is 1. The summed E-state index contributed by atoms with van der Waals surface area (Å²) in [6.45, 7) is 1.93. The van der Waals surface area contributed by atoms with Crippen LogP contribution in [0.1, 0.15) is 44.1 Å². The quantitative estimate of drug-likeness (QED) is 0.701. The lowest BCUT2D eigenvalue weighted by Crippen LogP contribution is -2.34. The highest BCUT2D eigenvalue weighted by atomic mass is 32.2. The largest absolute Gasteiger partial charge is 0.417 e. The molecule has 2 unspecified atom stereocenters. The van der Waals surface area contributed by atoms with Gasteiger partial charge < -0.3 is 14.2 Å². The molecule has 1 aromatic carbocycles. The molecule has 0 radical (unpaired) electrons. The highest BCUT2D eigenvalue weighted by Crippen LogP contribution is 2.36. The number of benzene rings is 1. The van der Waals surface area contributed by atoms with Gasteiger partial charge in [-0.25, -0.2) is 4.79 Å². The van der Waals surface area contributed by atoms with Gasteiger partial charge in [0.2, 0.25) is 6.29 Å². The first kappa shape index (κ1) is 18.5. The number of methoxy groups -OCH3 is 1. The smallest absolute Gasteiger partial charge is 0.417 e. The molecule has 1 aromatic rings. The predicted octanol–water partition coefficient (Wildman–Crippen LogP) is 4.37. The van der Waals surface area contributed by atoms with Crippen LogP contribution in [0.5, 0.6) is 0 Å².